The van der Waals surface area contributed by atoms with Crippen LogP contribution in [0.3, 0.4) is 0 Å². The predicted octanol–water partition coefficient (Wildman–Crippen LogP) is 4.69. The first-order valence-corrected chi connectivity index (χ1v) is 9.16. The Bertz CT molecular complexity index is 746. The van der Waals surface area contributed by atoms with Crippen LogP contribution >= 0.6 is 11.8 Å². The van der Waals surface area contributed by atoms with Gasteiger partial charge in [0.1, 0.15) is 0 Å². The lowest BCUT2D eigenvalue weighted by atomic mass is 10.1. The number of hydrogen-bond acceptors (Lipinski definition) is 4. The molecule has 134 valence electrons. The van der Waals surface area contributed by atoms with Crippen LogP contribution in [0.1, 0.15) is 25.0 Å². The second-order valence-electron chi connectivity index (χ2n) is 5.73. The van der Waals surface area contributed by atoms with E-state index in [1.165, 1.54) is 11.8 Å². The third-order valence-electron chi connectivity index (χ3n) is 4.03. The Morgan fingerprint density at radius 1 is 1.16 bits per heavy atom. The number of carbonyl (C=O) groups is 1. The fourth-order valence-electron chi connectivity index (χ4n) is 2.57. The normalized spacial score (nSPS) is 11.7. The van der Waals surface area contributed by atoms with Crippen LogP contribution < -0.4 is 14.8 Å². The largest absolute Gasteiger partial charge is 0.493 e. The van der Waals surface area contributed by atoms with Gasteiger partial charge in [0, 0.05) is 10.6 Å². The number of methoxy groups -OCH3 is 2. The van der Waals surface area contributed by atoms with Crippen LogP contribution in [-0.4, -0.2) is 25.4 Å². The third-order valence-corrected chi connectivity index (χ3v) is 5.12. The molecule has 0 aliphatic carbocycles. The summed E-state index contributed by atoms with van der Waals surface area (Å²) < 4.78 is 10.6. The molecule has 0 heterocycles. The number of amides is 1. The molecule has 0 bridgehead atoms. The van der Waals surface area contributed by atoms with Gasteiger partial charge in [-0.2, -0.15) is 0 Å². The molecule has 0 fully saturated rings. The second kappa shape index (κ2) is 8.81. The van der Waals surface area contributed by atoms with E-state index in [-0.39, 0.29) is 11.2 Å². The van der Waals surface area contributed by atoms with E-state index >= 15 is 0 Å². The van der Waals surface area contributed by atoms with Crippen molar-refractivity contribution >= 4 is 23.4 Å². The van der Waals surface area contributed by atoms with E-state index in [4.69, 9.17) is 9.47 Å². The molecule has 2 aromatic carbocycles. The molecule has 0 saturated carbocycles. The van der Waals surface area contributed by atoms with Crippen molar-refractivity contribution in [2.75, 3.05) is 19.5 Å². The summed E-state index contributed by atoms with van der Waals surface area (Å²) in [6.45, 7) is 6.01. The Balaban J connectivity index is 2.11. The predicted molar refractivity (Wildman–Crippen MR) is 104 cm³/mol. The van der Waals surface area contributed by atoms with Gasteiger partial charge < -0.3 is 14.8 Å². The highest BCUT2D eigenvalue weighted by Crippen LogP contribution is 2.34. The zero-order chi connectivity index (χ0) is 18.4. The van der Waals surface area contributed by atoms with Crippen molar-refractivity contribution in [3.63, 3.8) is 0 Å². The number of thioether (sulfide) groups is 1. The van der Waals surface area contributed by atoms with E-state index in [2.05, 4.69) is 18.3 Å². The molecule has 1 atom stereocenters. The van der Waals surface area contributed by atoms with Crippen molar-refractivity contribution in [1.82, 2.24) is 0 Å². The molecule has 4 nitrogen and oxygen atoms in total. The quantitative estimate of drug-likeness (QED) is 0.728. The van der Waals surface area contributed by atoms with Crippen molar-refractivity contribution in [2.45, 2.75) is 37.3 Å². The summed E-state index contributed by atoms with van der Waals surface area (Å²) in [5.74, 6) is 1.33. The molecule has 5 heteroatoms. The smallest absolute Gasteiger partial charge is 0.237 e. The monoisotopic (exact) mass is 359 g/mol. The van der Waals surface area contributed by atoms with Gasteiger partial charge in [-0.3, -0.25) is 4.79 Å². The average Bonchev–Trinajstić information content (AvgIpc) is 2.62. The third kappa shape index (κ3) is 4.69. The van der Waals surface area contributed by atoms with Crippen LogP contribution in [0.15, 0.2) is 41.3 Å². The van der Waals surface area contributed by atoms with Crippen LogP contribution in [0.4, 0.5) is 5.69 Å². The Kier molecular flexibility index (Phi) is 6.76. The Hall–Kier alpha value is -2.14. The van der Waals surface area contributed by atoms with Gasteiger partial charge in [0.15, 0.2) is 11.5 Å². The summed E-state index contributed by atoms with van der Waals surface area (Å²) in [5, 5.41) is 2.85. The van der Waals surface area contributed by atoms with Crippen LogP contribution in [-0.2, 0) is 11.2 Å². The summed E-state index contributed by atoms with van der Waals surface area (Å²) >= 11 is 1.49. The first-order valence-electron chi connectivity index (χ1n) is 8.28. The van der Waals surface area contributed by atoms with E-state index in [1.54, 1.807) is 14.2 Å². The first kappa shape index (κ1) is 19.2. The molecular weight excluding hydrogens is 334 g/mol. The number of anilines is 1. The minimum atomic E-state index is -0.234. The van der Waals surface area contributed by atoms with Gasteiger partial charge in [0.05, 0.1) is 19.5 Å². The average molecular weight is 359 g/mol. The molecule has 0 aliphatic heterocycles. The van der Waals surface area contributed by atoms with Crippen LogP contribution in [0.5, 0.6) is 11.5 Å². The van der Waals surface area contributed by atoms with Crippen molar-refractivity contribution in [3.05, 3.63) is 47.5 Å². The van der Waals surface area contributed by atoms with E-state index in [1.807, 2.05) is 44.2 Å². The van der Waals surface area contributed by atoms with E-state index < -0.39 is 0 Å². The Morgan fingerprint density at radius 2 is 1.88 bits per heavy atom. The van der Waals surface area contributed by atoms with Gasteiger partial charge in [0.25, 0.3) is 0 Å². The standard InChI is InChI=1S/C20H25NO3S/c1-6-15-9-7-8-13(2)19(15)21-20(22)14(3)25-16-10-11-17(23-4)18(12-16)24-5/h7-12,14H,6H2,1-5H3,(H,21,22). The van der Waals surface area contributed by atoms with Gasteiger partial charge in [-0.05, 0) is 49.6 Å². The van der Waals surface area contributed by atoms with Gasteiger partial charge in [-0.25, -0.2) is 0 Å². The molecule has 25 heavy (non-hydrogen) atoms. The summed E-state index contributed by atoms with van der Waals surface area (Å²) in [6.07, 6.45) is 0.883. The molecule has 0 aromatic heterocycles. The van der Waals surface area contributed by atoms with Crippen molar-refractivity contribution in [1.29, 1.82) is 0 Å². The molecule has 0 radical (unpaired) electrons. The number of rotatable bonds is 7. The molecule has 0 aliphatic rings. The first-order chi connectivity index (χ1) is 12.0. The molecule has 1 unspecified atom stereocenters. The maximum atomic E-state index is 12.6. The van der Waals surface area contributed by atoms with Gasteiger partial charge in [-0.1, -0.05) is 25.1 Å². The second-order valence-corrected chi connectivity index (χ2v) is 7.14. The summed E-state index contributed by atoms with van der Waals surface area (Å²) in [4.78, 5) is 13.6. The molecule has 0 saturated heterocycles. The summed E-state index contributed by atoms with van der Waals surface area (Å²) in [5.41, 5.74) is 3.16. The number of aryl methyl sites for hydroxylation is 2. The lowest BCUT2D eigenvalue weighted by Gasteiger charge is -2.17. The lowest BCUT2D eigenvalue weighted by molar-refractivity contribution is -0.115. The molecule has 0 spiro atoms. The Morgan fingerprint density at radius 3 is 2.52 bits per heavy atom. The maximum Gasteiger partial charge on any atom is 0.237 e. The number of carbonyl (C=O) groups excluding carboxylic acids is 1. The number of benzene rings is 2. The van der Waals surface area contributed by atoms with Crippen LogP contribution in [0.2, 0.25) is 0 Å². The van der Waals surface area contributed by atoms with Gasteiger partial charge in [-0.15, -0.1) is 11.8 Å². The number of para-hydroxylation sites is 1. The zero-order valence-corrected chi connectivity index (χ0v) is 16.2. The van der Waals surface area contributed by atoms with Crippen molar-refractivity contribution in [2.24, 2.45) is 0 Å². The minimum Gasteiger partial charge on any atom is -0.493 e. The zero-order valence-electron chi connectivity index (χ0n) is 15.4. The fourth-order valence-corrected chi connectivity index (χ4v) is 3.47. The maximum absolute atomic E-state index is 12.6. The minimum absolute atomic E-state index is 0.0104. The molecule has 1 amide bonds. The SMILES string of the molecule is CCc1cccc(C)c1NC(=O)C(C)Sc1ccc(OC)c(OC)c1. The molecule has 2 rings (SSSR count). The van der Waals surface area contributed by atoms with E-state index in [9.17, 15) is 4.79 Å². The number of hydrogen-bond donors (Lipinski definition) is 1. The van der Waals surface area contributed by atoms with Crippen molar-refractivity contribution in [3.8, 4) is 11.5 Å². The van der Waals surface area contributed by atoms with Crippen molar-refractivity contribution < 1.29 is 14.3 Å². The number of ether oxygens (including phenoxy) is 2. The Labute approximate surface area is 153 Å². The molecule has 2 aromatic rings. The number of nitrogens with one attached hydrogen (secondary N) is 1. The summed E-state index contributed by atoms with van der Waals surface area (Å²) in [7, 11) is 3.21. The summed E-state index contributed by atoms with van der Waals surface area (Å²) in [6, 6.07) is 11.8. The topological polar surface area (TPSA) is 47.6 Å². The van der Waals surface area contributed by atoms with Crippen LogP contribution in [0.25, 0.3) is 0 Å². The molecular formula is C20H25NO3S. The highest BCUT2D eigenvalue weighted by atomic mass is 32.2. The van der Waals surface area contributed by atoms with Crippen LogP contribution in [0, 0.1) is 6.92 Å². The molecule has 1 N–H and O–H groups in total. The van der Waals surface area contributed by atoms with E-state index in [0.717, 1.165) is 28.1 Å². The van der Waals surface area contributed by atoms with Gasteiger partial charge in [0.2, 0.25) is 5.91 Å². The lowest BCUT2D eigenvalue weighted by Crippen LogP contribution is -2.23. The highest BCUT2D eigenvalue weighted by molar-refractivity contribution is 8.00. The van der Waals surface area contributed by atoms with Gasteiger partial charge >= 0.3 is 0 Å². The fraction of sp³-hybridized carbons (Fsp3) is 0.350. The highest BCUT2D eigenvalue weighted by Gasteiger charge is 2.17. The van der Waals surface area contributed by atoms with E-state index in [0.29, 0.717) is 11.5 Å².